The van der Waals surface area contributed by atoms with Crippen LogP contribution in [0.3, 0.4) is 0 Å². The zero-order valence-electron chi connectivity index (χ0n) is 9.80. The molecule has 92 valence electrons. The maximum absolute atomic E-state index is 11.1. The molecule has 0 bridgehead atoms. The number of aliphatic carboxylic acids is 1. The van der Waals surface area contributed by atoms with Crippen LogP contribution in [0.1, 0.15) is 49.5 Å². The molecule has 1 heterocycles. The van der Waals surface area contributed by atoms with E-state index < -0.39 is 5.97 Å². The Hall–Kier alpha value is -1.39. The van der Waals surface area contributed by atoms with Crippen LogP contribution in [0.2, 0.25) is 0 Å². The Morgan fingerprint density at radius 3 is 2.76 bits per heavy atom. The molecular weight excluding hydrogens is 218 g/mol. The summed E-state index contributed by atoms with van der Waals surface area (Å²) in [5, 5.41) is 17.6. The van der Waals surface area contributed by atoms with E-state index in [1.54, 1.807) is 0 Å². The number of aryl methyl sites for hydroxylation is 1. The lowest BCUT2D eigenvalue weighted by Gasteiger charge is -2.20. The topological polar surface area (TPSA) is 68.0 Å². The summed E-state index contributed by atoms with van der Waals surface area (Å²) in [6, 6.07) is 0.457. The molecule has 0 amide bonds. The van der Waals surface area contributed by atoms with E-state index >= 15 is 0 Å². The molecule has 1 saturated carbocycles. The molecule has 1 aromatic heterocycles. The molecular formula is C12H17N3O2. The highest BCUT2D eigenvalue weighted by atomic mass is 16.4. The molecule has 1 unspecified atom stereocenters. The van der Waals surface area contributed by atoms with Gasteiger partial charge in [-0.1, -0.05) is 18.1 Å². The molecule has 5 nitrogen and oxygen atoms in total. The molecule has 3 rings (SSSR count). The van der Waals surface area contributed by atoms with Crippen molar-refractivity contribution in [2.24, 2.45) is 5.92 Å². The van der Waals surface area contributed by atoms with Gasteiger partial charge in [0.2, 0.25) is 0 Å². The summed E-state index contributed by atoms with van der Waals surface area (Å²) in [6.45, 7) is 0. The standard InChI is InChI=1S/C12H17N3O2/c16-12(17)8-5-6-10-11(7-8)15(14-13-10)9-3-1-2-4-9/h8-9H,1-7H2,(H,16,17). The van der Waals surface area contributed by atoms with Crippen molar-refractivity contribution >= 4 is 5.97 Å². The molecule has 2 aliphatic rings. The summed E-state index contributed by atoms with van der Waals surface area (Å²) in [5.74, 6) is -0.934. The van der Waals surface area contributed by atoms with Gasteiger partial charge in [0.1, 0.15) is 0 Å². The molecule has 1 aromatic rings. The van der Waals surface area contributed by atoms with Crippen LogP contribution in [-0.4, -0.2) is 26.1 Å². The number of carbonyl (C=O) groups is 1. The summed E-state index contributed by atoms with van der Waals surface area (Å²) in [7, 11) is 0. The fourth-order valence-electron chi connectivity index (χ4n) is 3.05. The van der Waals surface area contributed by atoms with Crippen LogP contribution in [0.5, 0.6) is 0 Å². The minimum absolute atomic E-state index is 0.249. The molecule has 5 heteroatoms. The van der Waals surface area contributed by atoms with E-state index in [1.165, 1.54) is 12.8 Å². The van der Waals surface area contributed by atoms with Gasteiger partial charge in [0, 0.05) is 6.42 Å². The van der Waals surface area contributed by atoms with Gasteiger partial charge in [-0.15, -0.1) is 5.10 Å². The molecule has 0 aromatic carbocycles. The van der Waals surface area contributed by atoms with E-state index in [2.05, 4.69) is 10.3 Å². The lowest BCUT2D eigenvalue weighted by molar-refractivity contribution is -0.142. The summed E-state index contributed by atoms with van der Waals surface area (Å²) < 4.78 is 2.01. The maximum Gasteiger partial charge on any atom is 0.306 e. The minimum Gasteiger partial charge on any atom is -0.481 e. The first kappa shape index (κ1) is 10.7. The smallest absolute Gasteiger partial charge is 0.306 e. The van der Waals surface area contributed by atoms with Gasteiger partial charge in [-0.25, -0.2) is 4.68 Å². The van der Waals surface area contributed by atoms with Crippen molar-refractivity contribution in [1.82, 2.24) is 15.0 Å². The Bertz CT molecular complexity index is 435. The van der Waals surface area contributed by atoms with E-state index in [1.807, 2.05) is 4.68 Å². The Balaban J connectivity index is 1.88. The van der Waals surface area contributed by atoms with Gasteiger partial charge in [-0.2, -0.15) is 0 Å². The van der Waals surface area contributed by atoms with Crippen LogP contribution in [-0.2, 0) is 17.6 Å². The van der Waals surface area contributed by atoms with E-state index in [0.29, 0.717) is 18.9 Å². The summed E-state index contributed by atoms with van der Waals surface area (Å²) in [4.78, 5) is 11.1. The van der Waals surface area contributed by atoms with Gasteiger partial charge >= 0.3 is 5.97 Å². The lowest BCUT2D eigenvalue weighted by Crippen LogP contribution is -2.24. The van der Waals surface area contributed by atoms with Crippen molar-refractivity contribution in [2.75, 3.05) is 0 Å². The van der Waals surface area contributed by atoms with Gasteiger partial charge in [0.15, 0.2) is 0 Å². The first-order valence-corrected chi connectivity index (χ1v) is 6.41. The second-order valence-electron chi connectivity index (χ2n) is 5.14. The second-order valence-corrected chi connectivity index (χ2v) is 5.14. The number of hydrogen-bond donors (Lipinski definition) is 1. The van der Waals surface area contributed by atoms with Gasteiger partial charge < -0.3 is 5.11 Å². The zero-order chi connectivity index (χ0) is 11.8. The van der Waals surface area contributed by atoms with E-state index in [-0.39, 0.29) is 5.92 Å². The highest BCUT2D eigenvalue weighted by Crippen LogP contribution is 2.33. The third kappa shape index (κ3) is 1.83. The van der Waals surface area contributed by atoms with Crippen molar-refractivity contribution in [1.29, 1.82) is 0 Å². The van der Waals surface area contributed by atoms with Gasteiger partial charge in [-0.05, 0) is 25.7 Å². The van der Waals surface area contributed by atoms with Crippen molar-refractivity contribution in [3.8, 4) is 0 Å². The highest BCUT2D eigenvalue weighted by molar-refractivity contribution is 5.70. The van der Waals surface area contributed by atoms with Crippen LogP contribution in [0.15, 0.2) is 0 Å². The average molecular weight is 235 g/mol. The average Bonchev–Trinajstić information content (AvgIpc) is 2.96. The third-order valence-electron chi connectivity index (χ3n) is 4.06. The Kier molecular flexibility index (Phi) is 2.61. The van der Waals surface area contributed by atoms with Crippen LogP contribution in [0.4, 0.5) is 0 Å². The number of rotatable bonds is 2. The van der Waals surface area contributed by atoms with Gasteiger partial charge in [0.05, 0.1) is 23.3 Å². The van der Waals surface area contributed by atoms with Crippen LogP contribution < -0.4 is 0 Å². The summed E-state index contributed by atoms with van der Waals surface area (Å²) in [5.41, 5.74) is 2.10. The van der Waals surface area contributed by atoms with E-state index in [4.69, 9.17) is 5.11 Å². The number of nitrogens with zero attached hydrogens (tertiary/aromatic N) is 3. The third-order valence-corrected chi connectivity index (χ3v) is 4.06. The van der Waals surface area contributed by atoms with E-state index in [9.17, 15) is 4.79 Å². The molecule has 0 saturated heterocycles. The number of carboxylic acids is 1. The predicted octanol–water partition coefficient (Wildman–Crippen LogP) is 1.58. The number of hydrogen-bond acceptors (Lipinski definition) is 3. The fraction of sp³-hybridized carbons (Fsp3) is 0.750. The fourth-order valence-corrected chi connectivity index (χ4v) is 3.05. The summed E-state index contributed by atoms with van der Waals surface area (Å²) in [6.07, 6.45) is 6.89. The lowest BCUT2D eigenvalue weighted by atomic mass is 9.89. The minimum atomic E-state index is -0.685. The second kappa shape index (κ2) is 4.13. The zero-order valence-corrected chi connectivity index (χ0v) is 9.80. The largest absolute Gasteiger partial charge is 0.481 e. The van der Waals surface area contributed by atoms with Crippen molar-refractivity contribution in [2.45, 2.75) is 51.0 Å². The predicted molar refractivity (Wildman–Crippen MR) is 60.7 cm³/mol. The maximum atomic E-state index is 11.1. The number of aromatic nitrogens is 3. The first-order valence-electron chi connectivity index (χ1n) is 6.41. The summed E-state index contributed by atoms with van der Waals surface area (Å²) >= 11 is 0. The quantitative estimate of drug-likeness (QED) is 0.845. The van der Waals surface area contributed by atoms with Crippen LogP contribution in [0.25, 0.3) is 0 Å². The molecule has 1 N–H and O–H groups in total. The van der Waals surface area contributed by atoms with Crippen LogP contribution >= 0.6 is 0 Å². The van der Waals surface area contributed by atoms with Crippen LogP contribution in [0, 0.1) is 5.92 Å². The van der Waals surface area contributed by atoms with Gasteiger partial charge in [0.25, 0.3) is 0 Å². The monoisotopic (exact) mass is 235 g/mol. The Labute approximate surface area is 99.8 Å². The molecule has 1 atom stereocenters. The van der Waals surface area contributed by atoms with E-state index in [0.717, 1.165) is 30.7 Å². The first-order chi connectivity index (χ1) is 8.25. The molecule has 0 aliphatic heterocycles. The van der Waals surface area contributed by atoms with Crippen molar-refractivity contribution in [3.63, 3.8) is 0 Å². The molecule has 2 aliphatic carbocycles. The normalized spacial score (nSPS) is 24.8. The highest BCUT2D eigenvalue weighted by Gasteiger charge is 2.31. The Morgan fingerprint density at radius 1 is 1.29 bits per heavy atom. The van der Waals surface area contributed by atoms with Gasteiger partial charge in [-0.3, -0.25) is 4.79 Å². The SMILES string of the molecule is O=C(O)C1CCc2nnn(C3CCCC3)c2C1. The molecule has 17 heavy (non-hydrogen) atoms. The molecule has 0 radical (unpaired) electrons. The van der Waals surface area contributed by atoms with Crippen molar-refractivity contribution < 1.29 is 9.90 Å². The molecule has 0 spiro atoms. The van der Waals surface area contributed by atoms with Crippen molar-refractivity contribution in [3.05, 3.63) is 11.4 Å². The molecule has 1 fully saturated rings. The number of fused-ring (bicyclic) bond motifs is 1. The Morgan fingerprint density at radius 2 is 2.06 bits per heavy atom. The number of carboxylic acid groups (broad SMARTS) is 1.